The van der Waals surface area contributed by atoms with Gasteiger partial charge in [0, 0.05) is 52.6 Å². The molecule has 0 spiro atoms. The van der Waals surface area contributed by atoms with E-state index in [1.165, 1.54) is 0 Å². The Labute approximate surface area is 160 Å². The zero-order valence-corrected chi connectivity index (χ0v) is 16.4. The van der Waals surface area contributed by atoms with Crippen LogP contribution in [0.1, 0.15) is 36.2 Å². The third-order valence-electron chi connectivity index (χ3n) is 5.74. The predicted molar refractivity (Wildman–Crippen MR) is 101 cm³/mol. The molecule has 2 aliphatic rings. The van der Waals surface area contributed by atoms with Crippen molar-refractivity contribution in [2.45, 2.75) is 31.7 Å². The number of rotatable bonds is 6. The maximum Gasteiger partial charge on any atom is 0.272 e. The van der Waals surface area contributed by atoms with Crippen LogP contribution in [-0.2, 0) is 16.6 Å². The quantitative estimate of drug-likeness (QED) is 0.731. The normalized spacial score (nSPS) is 22.0. The second kappa shape index (κ2) is 9.32. The van der Waals surface area contributed by atoms with Crippen molar-refractivity contribution in [1.29, 1.82) is 0 Å². The molecule has 8 heteroatoms. The van der Waals surface area contributed by atoms with Crippen LogP contribution in [0.5, 0.6) is 0 Å². The van der Waals surface area contributed by atoms with E-state index >= 15 is 0 Å². The summed E-state index contributed by atoms with van der Waals surface area (Å²) in [6, 6.07) is 2.22. The number of aromatic nitrogens is 2. The lowest BCUT2D eigenvalue weighted by atomic mass is 9.93. The molecule has 150 valence electrons. The number of methoxy groups -OCH3 is 1. The minimum absolute atomic E-state index is 0.0579. The zero-order valence-electron chi connectivity index (χ0n) is 16.4. The minimum atomic E-state index is 0.0579. The largest absolute Gasteiger partial charge is 0.383 e. The number of piperidine rings is 2. The molecule has 3 rings (SSSR count). The van der Waals surface area contributed by atoms with Crippen LogP contribution in [0.3, 0.4) is 0 Å². The van der Waals surface area contributed by atoms with E-state index in [2.05, 4.69) is 15.3 Å². The van der Waals surface area contributed by atoms with Crippen molar-refractivity contribution in [2.24, 2.45) is 13.0 Å². The molecule has 1 atom stereocenters. The van der Waals surface area contributed by atoms with Crippen molar-refractivity contribution >= 4 is 11.8 Å². The summed E-state index contributed by atoms with van der Waals surface area (Å²) in [4.78, 5) is 29.3. The second-order valence-corrected chi connectivity index (χ2v) is 7.48. The van der Waals surface area contributed by atoms with Crippen LogP contribution in [-0.4, -0.2) is 83.9 Å². The molecule has 27 heavy (non-hydrogen) atoms. The Hall–Kier alpha value is -1.93. The Bertz CT molecular complexity index is 639. The molecule has 0 bridgehead atoms. The first-order chi connectivity index (χ1) is 13.1. The number of carbonyl (C=O) groups is 2. The smallest absolute Gasteiger partial charge is 0.272 e. The van der Waals surface area contributed by atoms with Gasteiger partial charge in [-0.3, -0.25) is 19.2 Å². The average molecular weight is 377 g/mol. The highest BCUT2D eigenvalue weighted by Crippen LogP contribution is 2.24. The van der Waals surface area contributed by atoms with Crippen molar-refractivity contribution in [3.8, 4) is 0 Å². The third-order valence-corrected chi connectivity index (χ3v) is 5.74. The Kier molecular flexibility index (Phi) is 6.84. The van der Waals surface area contributed by atoms with E-state index in [-0.39, 0.29) is 17.7 Å². The average Bonchev–Trinajstić information content (AvgIpc) is 3.13. The summed E-state index contributed by atoms with van der Waals surface area (Å²) in [6.45, 7) is 4.50. The fourth-order valence-electron chi connectivity index (χ4n) is 4.15. The lowest BCUT2D eigenvalue weighted by Gasteiger charge is -2.42. The first kappa shape index (κ1) is 19.8. The summed E-state index contributed by atoms with van der Waals surface area (Å²) in [6.07, 6.45) is 5.58. The Morgan fingerprint density at radius 1 is 1.26 bits per heavy atom. The molecule has 2 fully saturated rings. The van der Waals surface area contributed by atoms with Crippen LogP contribution >= 0.6 is 0 Å². The Balaban J connectivity index is 1.48. The molecule has 1 N–H and O–H groups in total. The fourth-order valence-corrected chi connectivity index (χ4v) is 4.15. The van der Waals surface area contributed by atoms with Crippen molar-refractivity contribution in [2.75, 3.05) is 46.4 Å². The van der Waals surface area contributed by atoms with E-state index in [4.69, 9.17) is 4.74 Å². The number of ether oxygens (including phenoxy) is 1. The van der Waals surface area contributed by atoms with Gasteiger partial charge in [0.15, 0.2) is 0 Å². The van der Waals surface area contributed by atoms with Gasteiger partial charge in [-0.2, -0.15) is 5.10 Å². The molecule has 1 aromatic heterocycles. The number of amides is 2. The molecule has 1 aromatic rings. The van der Waals surface area contributed by atoms with Crippen LogP contribution in [0, 0.1) is 5.92 Å². The van der Waals surface area contributed by atoms with Crippen LogP contribution in [0.2, 0.25) is 0 Å². The molecular formula is C19H31N5O3. The van der Waals surface area contributed by atoms with E-state index in [9.17, 15) is 9.59 Å². The van der Waals surface area contributed by atoms with Gasteiger partial charge < -0.3 is 15.0 Å². The molecule has 3 heterocycles. The zero-order chi connectivity index (χ0) is 19.2. The van der Waals surface area contributed by atoms with Crippen LogP contribution in [0.4, 0.5) is 0 Å². The summed E-state index contributed by atoms with van der Waals surface area (Å²) < 4.78 is 6.63. The summed E-state index contributed by atoms with van der Waals surface area (Å²) in [5.74, 6) is 0.257. The third kappa shape index (κ3) is 4.87. The molecule has 0 unspecified atom stereocenters. The van der Waals surface area contributed by atoms with Gasteiger partial charge in [0.1, 0.15) is 5.69 Å². The first-order valence-electron chi connectivity index (χ1n) is 9.88. The molecule has 0 aliphatic carbocycles. The lowest BCUT2D eigenvalue weighted by molar-refractivity contribution is -0.127. The number of hydrogen-bond donors (Lipinski definition) is 1. The molecule has 0 radical (unpaired) electrons. The molecule has 2 aliphatic heterocycles. The van der Waals surface area contributed by atoms with E-state index in [1.54, 1.807) is 31.1 Å². The summed E-state index contributed by atoms with van der Waals surface area (Å²) in [7, 11) is 3.44. The topological polar surface area (TPSA) is 79.7 Å². The van der Waals surface area contributed by atoms with E-state index in [0.717, 1.165) is 51.9 Å². The molecule has 0 saturated carbocycles. The highest BCUT2D eigenvalue weighted by molar-refractivity contribution is 5.92. The SMILES string of the molecule is COCCNC(=O)[C@H]1CCCN(C2CCN(C(=O)c3ccnn3C)CC2)C1. The standard InChI is InChI=1S/C19H31N5O3/c1-22-17(5-8-21-22)19(26)23-11-6-16(7-12-23)24-10-3-4-15(14-24)18(25)20-9-13-27-2/h5,8,15-16H,3-4,6-7,9-14H2,1-2H3,(H,20,25)/t15-/m0/s1. The van der Waals surface area contributed by atoms with Crippen molar-refractivity contribution in [1.82, 2.24) is 24.9 Å². The fraction of sp³-hybridized carbons (Fsp3) is 0.737. The number of nitrogens with one attached hydrogen (secondary N) is 1. The van der Waals surface area contributed by atoms with Gasteiger partial charge >= 0.3 is 0 Å². The maximum absolute atomic E-state index is 12.6. The maximum atomic E-state index is 12.6. The van der Waals surface area contributed by atoms with Crippen LogP contribution in [0.15, 0.2) is 12.3 Å². The summed E-state index contributed by atoms with van der Waals surface area (Å²) >= 11 is 0. The molecular weight excluding hydrogens is 346 g/mol. The Morgan fingerprint density at radius 2 is 2.04 bits per heavy atom. The van der Waals surface area contributed by atoms with E-state index < -0.39 is 0 Å². The van der Waals surface area contributed by atoms with E-state index in [0.29, 0.717) is 24.9 Å². The van der Waals surface area contributed by atoms with Crippen molar-refractivity contribution < 1.29 is 14.3 Å². The number of aryl methyl sites for hydroxylation is 1. The first-order valence-corrected chi connectivity index (χ1v) is 9.88. The molecule has 2 saturated heterocycles. The molecule has 0 aromatic carbocycles. The van der Waals surface area contributed by atoms with Gasteiger partial charge in [-0.25, -0.2) is 0 Å². The van der Waals surface area contributed by atoms with Gasteiger partial charge in [0.2, 0.25) is 5.91 Å². The van der Waals surface area contributed by atoms with Gasteiger partial charge in [-0.15, -0.1) is 0 Å². The highest BCUT2D eigenvalue weighted by Gasteiger charge is 2.33. The van der Waals surface area contributed by atoms with Gasteiger partial charge in [-0.1, -0.05) is 0 Å². The van der Waals surface area contributed by atoms with Crippen molar-refractivity contribution in [3.63, 3.8) is 0 Å². The second-order valence-electron chi connectivity index (χ2n) is 7.48. The number of hydrogen-bond acceptors (Lipinski definition) is 5. The van der Waals surface area contributed by atoms with Gasteiger partial charge in [0.25, 0.3) is 5.91 Å². The number of nitrogens with zero attached hydrogens (tertiary/aromatic N) is 4. The molecule has 8 nitrogen and oxygen atoms in total. The lowest BCUT2D eigenvalue weighted by Crippen LogP contribution is -2.51. The van der Waals surface area contributed by atoms with E-state index in [1.807, 2.05) is 4.90 Å². The number of carbonyl (C=O) groups excluding carboxylic acids is 2. The highest BCUT2D eigenvalue weighted by atomic mass is 16.5. The van der Waals surface area contributed by atoms with Gasteiger partial charge in [0.05, 0.1) is 12.5 Å². The van der Waals surface area contributed by atoms with Crippen LogP contribution in [0.25, 0.3) is 0 Å². The minimum Gasteiger partial charge on any atom is -0.383 e. The summed E-state index contributed by atoms with van der Waals surface area (Å²) in [5.41, 5.74) is 0.638. The summed E-state index contributed by atoms with van der Waals surface area (Å²) in [5, 5.41) is 7.06. The molecule has 2 amide bonds. The monoisotopic (exact) mass is 377 g/mol. The predicted octanol–water partition coefficient (Wildman–Crippen LogP) is 0.499. The van der Waals surface area contributed by atoms with Crippen LogP contribution < -0.4 is 5.32 Å². The number of likely N-dealkylation sites (tertiary alicyclic amines) is 2. The Morgan fingerprint density at radius 3 is 2.70 bits per heavy atom. The van der Waals surface area contributed by atoms with Crippen molar-refractivity contribution in [3.05, 3.63) is 18.0 Å². The van der Waals surface area contributed by atoms with Gasteiger partial charge in [-0.05, 0) is 38.3 Å².